The molecule has 0 spiro atoms. The van der Waals surface area contributed by atoms with Crippen LogP contribution in [0.5, 0.6) is 0 Å². The number of nitrogens with zero attached hydrogens (tertiary/aromatic N) is 2. The molecule has 0 radical (unpaired) electrons. The molecule has 6 nitrogen and oxygen atoms in total. The average Bonchev–Trinajstić information content (AvgIpc) is 2.86. The van der Waals surface area contributed by atoms with Gasteiger partial charge in [0, 0.05) is 25.2 Å². The van der Waals surface area contributed by atoms with Crippen LogP contribution in [-0.4, -0.2) is 41.9 Å². The number of benzene rings is 1. The highest BCUT2D eigenvalue weighted by Crippen LogP contribution is 2.23. The molecule has 0 aromatic heterocycles. The van der Waals surface area contributed by atoms with Crippen molar-refractivity contribution in [3.63, 3.8) is 0 Å². The van der Waals surface area contributed by atoms with Crippen molar-refractivity contribution in [2.75, 3.05) is 20.1 Å². The van der Waals surface area contributed by atoms with Gasteiger partial charge in [0.1, 0.15) is 5.56 Å². The molecule has 1 aliphatic rings. The first kappa shape index (κ1) is 13.5. The summed E-state index contributed by atoms with van der Waals surface area (Å²) in [7, 11) is 1.85. The maximum Gasteiger partial charge on any atom is 0.282 e. The second kappa shape index (κ2) is 5.36. The van der Waals surface area contributed by atoms with Crippen molar-refractivity contribution in [1.82, 2.24) is 10.2 Å². The molecule has 1 aromatic rings. The topological polar surface area (TPSA) is 75.5 Å². The molecule has 0 aliphatic carbocycles. The molecule has 1 N–H and O–H groups in total. The van der Waals surface area contributed by atoms with Crippen LogP contribution in [0, 0.1) is 17.0 Å². The molecule has 1 fully saturated rings. The quantitative estimate of drug-likeness (QED) is 0.659. The summed E-state index contributed by atoms with van der Waals surface area (Å²) in [5.74, 6) is -0.256. The minimum atomic E-state index is -0.502. The first-order valence-electron chi connectivity index (χ1n) is 6.24. The zero-order chi connectivity index (χ0) is 14.0. The van der Waals surface area contributed by atoms with Crippen LogP contribution >= 0.6 is 0 Å². The smallest absolute Gasteiger partial charge is 0.282 e. The van der Waals surface area contributed by atoms with Gasteiger partial charge in [0.15, 0.2) is 0 Å². The number of carbonyl (C=O) groups excluding carboxylic acids is 1. The normalized spacial score (nSPS) is 18.6. The number of hydrogen-bond acceptors (Lipinski definition) is 4. The van der Waals surface area contributed by atoms with E-state index in [0.717, 1.165) is 12.0 Å². The predicted molar refractivity (Wildman–Crippen MR) is 71.2 cm³/mol. The van der Waals surface area contributed by atoms with Crippen LogP contribution < -0.4 is 5.32 Å². The van der Waals surface area contributed by atoms with Gasteiger partial charge in [0.25, 0.3) is 11.6 Å². The zero-order valence-corrected chi connectivity index (χ0v) is 11.0. The van der Waals surface area contributed by atoms with Gasteiger partial charge in [-0.2, -0.15) is 0 Å². The molecule has 1 unspecified atom stereocenters. The number of nitro benzene ring substituents is 1. The third-order valence-corrected chi connectivity index (χ3v) is 3.46. The van der Waals surface area contributed by atoms with Crippen molar-refractivity contribution in [2.24, 2.45) is 0 Å². The molecule has 1 aromatic carbocycles. The summed E-state index contributed by atoms with van der Waals surface area (Å²) in [6.45, 7) is 3.05. The lowest BCUT2D eigenvalue weighted by Gasteiger charge is -2.16. The number of likely N-dealkylation sites (tertiary alicyclic amines) is 1. The van der Waals surface area contributed by atoms with Gasteiger partial charge in [-0.3, -0.25) is 14.9 Å². The predicted octanol–water partition coefficient (Wildman–Crippen LogP) is 1.34. The lowest BCUT2D eigenvalue weighted by Crippen LogP contribution is -2.33. The van der Waals surface area contributed by atoms with Crippen molar-refractivity contribution < 1.29 is 9.72 Å². The van der Waals surface area contributed by atoms with Gasteiger partial charge >= 0.3 is 0 Å². The van der Waals surface area contributed by atoms with E-state index in [-0.39, 0.29) is 23.2 Å². The number of nitrogens with one attached hydrogen (secondary N) is 1. The molecule has 1 atom stereocenters. The van der Waals surface area contributed by atoms with E-state index in [9.17, 15) is 14.9 Å². The third-order valence-electron chi connectivity index (χ3n) is 3.46. The number of rotatable bonds is 3. The maximum atomic E-state index is 12.4. The Labute approximate surface area is 111 Å². The molecule has 2 rings (SSSR count). The number of carbonyl (C=O) groups is 1. The van der Waals surface area contributed by atoms with Crippen LogP contribution in [0.25, 0.3) is 0 Å². The van der Waals surface area contributed by atoms with E-state index in [1.54, 1.807) is 17.0 Å². The highest BCUT2D eigenvalue weighted by Gasteiger charge is 2.29. The SMILES string of the molecule is CNC1CCN(C(=O)c2cc(C)ccc2[N+](=O)[O-])C1. The average molecular weight is 263 g/mol. The molecule has 1 saturated heterocycles. The number of aryl methyl sites for hydroxylation is 1. The van der Waals surface area contributed by atoms with Crippen molar-refractivity contribution in [3.05, 3.63) is 39.4 Å². The molecule has 19 heavy (non-hydrogen) atoms. The Bertz CT molecular complexity index is 516. The fraction of sp³-hybridized carbons (Fsp3) is 0.462. The van der Waals surface area contributed by atoms with Crippen LogP contribution in [0.1, 0.15) is 22.3 Å². The highest BCUT2D eigenvalue weighted by atomic mass is 16.6. The van der Waals surface area contributed by atoms with Gasteiger partial charge in [0.05, 0.1) is 4.92 Å². The van der Waals surface area contributed by atoms with Gasteiger partial charge in [-0.1, -0.05) is 6.07 Å². The maximum absolute atomic E-state index is 12.4. The molecule has 6 heteroatoms. The summed E-state index contributed by atoms with van der Waals surface area (Å²) in [4.78, 5) is 24.5. The second-order valence-electron chi connectivity index (χ2n) is 4.80. The lowest BCUT2D eigenvalue weighted by atomic mass is 10.1. The monoisotopic (exact) mass is 263 g/mol. The van der Waals surface area contributed by atoms with Crippen LogP contribution in [-0.2, 0) is 0 Å². The molecule has 1 aliphatic heterocycles. The standard InChI is InChI=1S/C13H17N3O3/c1-9-3-4-12(16(18)19)11(7-9)13(17)15-6-5-10(8-15)14-2/h3-4,7,10,14H,5-6,8H2,1-2H3. The van der Waals surface area contributed by atoms with E-state index in [2.05, 4.69) is 5.32 Å². The summed E-state index contributed by atoms with van der Waals surface area (Å²) >= 11 is 0. The summed E-state index contributed by atoms with van der Waals surface area (Å²) in [5, 5.41) is 14.1. The zero-order valence-electron chi connectivity index (χ0n) is 11.0. The van der Waals surface area contributed by atoms with Crippen molar-refractivity contribution in [2.45, 2.75) is 19.4 Å². The number of amides is 1. The summed E-state index contributed by atoms with van der Waals surface area (Å²) in [6, 6.07) is 4.91. The van der Waals surface area contributed by atoms with Crippen LogP contribution in [0.15, 0.2) is 18.2 Å². The molecular weight excluding hydrogens is 246 g/mol. The van der Waals surface area contributed by atoms with Gasteiger partial charge in [-0.15, -0.1) is 0 Å². The van der Waals surface area contributed by atoms with Crippen LogP contribution in [0.2, 0.25) is 0 Å². The molecular formula is C13H17N3O3. The Hall–Kier alpha value is -1.95. The lowest BCUT2D eigenvalue weighted by molar-refractivity contribution is -0.385. The summed E-state index contributed by atoms with van der Waals surface area (Å²) < 4.78 is 0. The number of hydrogen-bond donors (Lipinski definition) is 1. The van der Waals surface area contributed by atoms with Crippen molar-refractivity contribution in [1.29, 1.82) is 0 Å². The minimum absolute atomic E-state index is 0.122. The number of likely N-dealkylation sites (N-methyl/N-ethyl adjacent to an activating group) is 1. The van der Waals surface area contributed by atoms with E-state index in [0.29, 0.717) is 13.1 Å². The van der Waals surface area contributed by atoms with Crippen molar-refractivity contribution in [3.8, 4) is 0 Å². The van der Waals surface area contributed by atoms with E-state index < -0.39 is 4.92 Å². The van der Waals surface area contributed by atoms with E-state index in [1.807, 2.05) is 14.0 Å². The molecule has 1 amide bonds. The van der Waals surface area contributed by atoms with E-state index in [4.69, 9.17) is 0 Å². The highest BCUT2D eigenvalue weighted by molar-refractivity contribution is 5.98. The first-order valence-corrected chi connectivity index (χ1v) is 6.24. The molecule has 0 bridgehead atoms. The van der Waals surface area contributed by atoms with Gasteiger partial charge in [-0.25, -0.2) is 0 Å². The molecule has 0 saturated carbocycles. The first-order chi connectivity index (χ1) is 9.02. The Morgan fingerprint density at radius 2 is 2.26 bits per heavy atom. The van der Waals surface area contributed by atoms with E-state index >= 15 is 0 Å². The Morgan fingerprint density at radius 3 is 2.84 bits per heavy atom. The largest absolute Gasteiger partial charge is 0.337 e. The Balaban J connectivity index is 2.28. The fourth-order valence-corrected chi connectivity index (χ4v) is 2.33. The fourth-order valence-electron chi connectivity index (χ4n) is 2.33. The Morgan fingerprint density at radius 1 is 1.53 bits per heavy atom. The number of nitro groups is 1. The summed E-state index contributed by atoms with van der Waals surface area (Å²) in [6.07, 6.45) is 0.877. The summed E-state index contributed by atoms with van der Waals surface area (Å²) in [5.41, 5.74) is 0.906. The Kier molecular flexibility index (Phi) is 3.80. The van der Waals surface area contributed by atoms with Crippen LogP contribution in [0.4, 0.5) is 5.69 Å². The molecule has 102 valence electrons. The van der Waals surface area contributed by atoms with Crippen LogP contribution in [0.3, 0.4) is 0 Å². The molecule has 1 heterocycles. The van der Waals surface area contributed by atoms with Crippen molar-refractivity contribution >= 4 is 11.6 Å². The second-order valence-corrected chi connectivity index (χ2v) is 4.80. The minimum Gasteiger partial charge on any atom is -0.337 e. The van der Waals surface area contributed by atoms with E-state index in [1.165, 1.54) is 6.07 Å². The third kappa shape index (κ3) is 2.73. The van der Waals surface area contributed by atoms with Gasteiger partial charge < -0.3 is 10.2 Å². The van der Waals surface area contributed by atoms with Gasteiger partial charge in [-0.05, 0) is 32.0 Å². The van der Waals surface area contributed by atoms with Gasteiger partial charge in [0.2, 0.25) is 0 Å².